The SMILES string of the molecule is CCCCCCCCCCCC(C)(C)C(N)C(=O)O.[OH-]. The second-order valence-corrected chi connectivity index (χ2v) is 6.38. The van der Waals surface area contributed by atoms with E-state index in [1.165, 1.54) is 51.4 Å². The molecule has 0 aliphatic rings. The van der Waals surface area contributed by atoms with E-state index in [1.807, 2.05) is 13.8 Å². The van der Waals surface area contributed by atoms with E-state index in [0.29, 0.717) is 0 Å². The minimum atomic E-state index is -0.888. The first-order valence-electron chi connectivity index (χ1n) is 7.90. The molecule has 0 aliphatic carbocycles. The lowest BCUT2D eigenvalue weighted by atomic mass is 9.80. The van der Waals surface area contributed by atoms with Crippen LogP contribution in [0, 0.1) is 5.41 Å². The zero-order chi connectivity index (χ0) is 14.7. The zero-order valence-corrected chi connectivity index (χ0v) is 13.5. The van der Waals surface area contributed by atoms with Gasteiger partial charge in [0.25, 0.3) is 0 Å². The largest absolute Gasteiger partial charge is 0.870 e. The Bertz CT molecular complexity index is 242. The Labute approximate surface area is 124 Å². The van der Waals surface area contributed by atoms with Gasteiger partial charge in [-0.3, -0.25) is 4.79 Å². The van der Waals surface area contributed by atoms with Crippen molar-refractivity contribution >= 4 is 5.97 Å². The molecule has 4 heteroatoms. The maximum atomic E-state index is 10.9. The van der Waals surface area contributed by atoms with Gasteiger partial charge in [0.05, 0.1) is 0 Å². The van der Waals surface area contributed by atoms with Crippen LogP contribution in [0.1, 0.15) is 85.0 Å². The van der Waals surface area contributed by atoms with Gasteiger partial charge < -0.3 is 16.3 Å². The van der Waals surface area contributed by atoms with Crippen LogP contribution in [0.5, 0.6) is 0 Å². The summed E-state index contributed by atoms with van der Waals surface area (Å²) in [6, 6.07) is -0.749. The van der Waals surface area contributed by atoms with Crippen LogP contribution in [0.25, 0.3) is 0 Å². The van der Waals surface area contributed by atoms with Crippen molar-refractivity contribution in [3.05, 3.63) is 0 Å². The third-order valence-electron chi connectivity index (χ3n) is 4.03. The second kappa shape index (κ2) is 12.2. The van der Waals surface area contributed by atoms with Crippen LogP contribution in [-0.2, 0) is 4.79 Å². The molecule has 0 fully saturated rings. The Kier molecular flexibility index (Phi) is 13.2. The summed E-state index contributed by atoms with van der Waals surface area (Å²) >= 11 is 0. The number of hydrogen-bond acceptors (Lipinski definition) is 3. The molecular weight excluding hydrogens is 254 g/mol. The van der Waals surface area contributed by atoms with Gasteiger partial charge in [0, 0.05) is 0 Å². The summed E-state index contributed by atoms with van der Waals surface area (Å²) in [6.45, 7) is 6.15. The molecule has 0 saturated heterocycles. The molecule has 0 saturated carbocycles. The van der Waals surface area contributed by atoms with Crippen molar-refractivity contribution in [3.8, 4) is 0 Å². The van der Waals surface area contributed by atoms with Gasteiger partial charge in [-0.15, -0.1) is 0 Å². The van der Waals surface area contributed by atoms with Gasteiger partial charge in [-0.25, -0.2) is 0 Å². The van der Waals surface area contributed by atoms with E-state index in [4.69, 9.17) is 10.8 Å². The van der Waals surface area contributed by atoms with E-state index in [9.17, 15) is 4.79 Å². The average Bonchev–Trinajstić information content (AvgIpc) is 2.35. The maximum Gasteiger partial charge on any atom is 0.321 e. The van der Waals surface area contributed by atoms with Gasteiger partial charge in [-0.05, 0) is 11.8 Å². The number of nitrogens with two attached hydrogens (primary N) is 1. The lowest BCUT2D eigenvalue weighted by molar-refractivity contribution is -0.141. The molecule has 0 spiro atoms. The molecule has 122 valence electrons. The molecule has 0 amide bonds. The summed E-state index contributed by atoms with van der Waals surface area (Å²) in [6.07, 6.45) is 12.5. The van der Waals surface area contributed by atoms with Crippen molar-refractivity contribution in [1.82, 2.24) is 0 Å². The first-order valence-corrected chi connectivity index (χ1v) is 7.90. The van der Waals surface area contributed by atoms with Crippen molar-refractivity contribution in [2.45, 2.75) is 91.0 Å². The second-order valence-electron chi connectivity index (χ2n) is 6.38. The normalized spacial score (nSPS) is 12.8. The van der Waals surface area contributed by atoms with E-state index in [-0.39, 0.29) is 10.9 Å². The predicted molar refractivity (Wildman–Crippen MR) is 83.2 cm³/mol. The van der Waals surface area contributed by atoms with Gasteiger partial charge in [-0.2, -0.15) is 0 Å². The Morgan fingerprint density at radius 3 is 1.80 bits per heavy atom. The highest BCUT2D eigenvalue weighted by Gasteiger charge is 2.31. The molecule has 4 N–H and O–H groups in total. The highest BCUT2D eigenvalue weighted by atomic mass is 16.4. The van der Waals surface area contributed by atoms with E-state index in [1.54, 1.807) is 0 Å². The van der Waals surface area contributed by atoms with Crippen LogP contribution in [0.3, 0.4) is 0 Å². The van der Waals surface area contributed by atoms with Gasteiger partial charge in [0.1, 0.15) is 6.04 Å². The monoisotopic (exact) mass is 288 g/mol. The van der Waals surface area contributed by atoms with E-state index < -0.39 is 12.0 Å². The summed E-state index contributed by atoms with van der Waals surface area (Å²) < 4.78 is 0. The highest BCUT2D eigenvalue weighted by Crippen LogP contribution is 2.27. The van der Waals surface area contributed by atoms with Crippen LogP contribution < -0.4 is 5.73 Å². The Balaban J connectivity index is 0. The number of carboxylic acids is 1. The highest BCUT2D eigenvalue weighted by molar-refractivity contribution is 5.74. The standard InChI is InChI=1S/C16H33NO2.H2O/c1-4-5-6-7-8-9-10-11-12-13-16(2,3)14(17)15(18)19;/h14H,4-13,17H2,1-3H3,(H,18,19);1H2/p-1. The molecule has 1 unspecified atom stereocenters. The minimum Gasteiger partial charge on any atom is -0.870 e. The smallest absolute Gasteiger partial charge is 0.321 e. The number of carboxylic acid groups (broad SMARTS) is 1. The van der Waals surface area contributed by atoms with Crippen LogP contribution >= 0.6 is 0 Å². The number of hydrogen-bond donors (Lipinski definition) is 2. The fourth-order valence-electron chi connectivity index (χ4n) is 2.38. The molecule has 0 radical (unpaired) electrons. The number of aliphatic carboxylic acids is 1. The fraction of sp³-hybridized carbons (Fsp3) is 0.938. The molecule has 0 bridgehead atoms. The number of rotatable bonds is 12. The summed E-state index contributed by atoms with van der Waals surface area (Å²) in [5, 5.41) is 8.94. The molecule has 20 heavy (non-hydrogen) atoms. The van der Waals surface area contributed by atoms with Crippen LogP contribution in [-0.4, -0.2) is 22.6 Å². The lowest BCUT2D eigenvalue weighted by Gasteiger charge is -2.28. The van der Waals surface area contributed by atoms with Crippen molar-refractivity contribution < 1.29 is 15.4 Å². The first-order chi connectivity index (χ1) is 8.91. The van der Waals surface area contributed by atoms with Crippen molar-refractivity contribution in [1.29, 1.82) is 0 Å². The minimum absolute atomic E-state index is 0. The Hall–Kier alpha value is -0.610. The van der Waals surface area contributed by atoms with Crippen LogP contribution in [0.4, 0.5) is 0 Å². The van der Waals surface area contributed by atoms with E-state index >= 15 is 0 Å². The quantitative estimate of drug-likeness (QED) is 0.527. The first kappa shape index (κ1) is 21.7. The Morgan fingerprint density at radius 1 is 1.00 bits per heavy atom. The van der Waals surface area contributed by atoms with Gasteiger partial charge in [0.2, 0.25) is 0 Å². The maximum absolute atomic E-state index is 10.9. The number of carbonyl (C=O) groups is 1. The topological polar surface area (TPSA) is 93.3 Å². The van der Waals surface area contributed by atoms with Crippen LogP contribution in [0.2, 0.25) is 0 Å². The third-order valence-corrected chi connectivity index (χ3v) is 4.03. The fourth-order valence-corrected chi connectivity index (χ4v) is 2.38. The molecule has 4 nitrogen and oxygen atoms in total. The zero-order valence-electron chi connectivity index (χ0n) is 13.5. The van der Waals surface area contributed by atoms with Crippen LogP contribution in [0.15, 0.2) is 0 Å². The predicted octanol–water partition coefficient (Wildman–Crippen LogP) is 4.17. The Morgan fingerprint density at radius 2 is 1.40 bits per heavy atom. The molecule has 0 aromatic heterocycles. The summed E-state index contributed by atoms with van der Waals surface area (Å²) in [5.74, 6) is -0.888. The van der Waals surface area contributed by atoms with Crippen molar-refractivity contribution in [2.24, 2.45) is 11.1 Å². The van der Waals surface area contributed by atoms with E-state index in [2.05, 4.69) is 6.92 Å². The van der Waals surface area contributed by atoms with E-state index in [0.717, 1.165) is 12.8 Å². The average molecular weight is 288 g/mol. The van der Waals surface area contributed by atoms with Gasteiger partial charge in [-0.1, -0.05) is 78.6 Å². The third kappa shape index (κ3) is 10.2. The molecule has 0 rings (SSSR count). The van der Waals surface area contributed by atoms with Crippen molar-refractivity contribution in [2.75, 3.05) is 0 Å². The molecule has 0 aliphatic heterocycles. The summed E-state index contributed by atoms with van der Waals surface area (Å²) in [7, 11) is 0. The molecular formula is C16H34NO3-. The van der Waals surface area contributed by atoms with Gasteiger partial charge in [0.15, 0.2) is 0 Å². The van der Waals surface area contributed by atoms with Crippen molar-refractivity contribution in [3.63, 3.8) is 0 Å². The lowest BCUT2D eigenvalue weighted by Crippen LogP contribution is -2.43. The molecule has 0 aromatic carbocycles. The molecule has 1 atom stereocenters. The summed E-state index contributed by atoms with van der Waals surface area (Å²) in [5.41, 5.74) is 5.40. The molecule has 0 aromatic rings. The summed E-state index contributed by atoms with van der Waals surface area (Å²) in [4.78, 5) is 10.9. The molecule has 0 heterocycles. The number of unbranched alkanes of at least 4 members (excludes halogenated alkanes) is 8. The van der Waals surface area contributed by atoms with Gasteiger partial charge >= 0.3 is 5.97 Å².